The summed E-state index contributed by atoms with van der Waals surface area (Å²) in [5.41, 5.74) is 1.95. The minimum absolute atomic E-state index is 0.362. The fourth-order valence-electron chi connectivity index (χ4n) is 3.39. The third-order valence-corrected chi connectivity index (χ3v) is 7.07. The second-order valence-electron chi connectivity index (χ2n) is 7.49. The third-order valence-electron chi connectivity index (χ3n) is 5.18. The first-order chi connectivity index (χ1) is 14.0. The van der Waals surface area contributed by atoms with Crippen molar-refractivity contribution in [3.05, 3.63) is 54.2 Å². The van der Waals surface area contributed by atoms with Gasteiger partial charge in [-0.3, -0.25) is 0 Å². The van der Waals surface area contributed by atoms with E-state index < -0.39 is 27.6 Å². The summed E-state index contributed by atoms with van der Waals surface area (Å²) < 4.78 is 33.3. The van der Waals surface area contributed by atoms with E-state index in [2.05, 4.69) is 9.71 Å². The molecule has 2 heterocycles. The molecule has 1 aromatic heterocycles. The smallest absolute Gasteiger partial charge is 0.411 e. The third kappa shape index (κ3) is 4.94. The molecule has 7 nitrogen and oxygen atoms in total. The van der Waals surface area contributed by atoms with E-state index in [1.54, 1.807) is 17.0 Å². The van der Waals surface area contributed by atoms with Crippen LogP contribution in [-0.4, -0.2) is 42.7 Å². The Labute approximate surface area is 171 Å². The number of carbonyl (C=O) groups is 1. The lowest BCUT2D eigenvalue weighted by Crippen LogP contribution is -2.41. The van der Waals surface area contributed by atoms with E-state index in [0.717, 1.165) is 24.8 Å². The van der Waals surface area contributed by atoms with E-state index in [9.17, 15) is 13.2 Å². The van der Waals surface area contributed by atoms with Crippen molar-refractivity contribution in [2.75, 3.05) is 13.1 Å². The number of hydrogen-bond acceptors (Lipinski definition) is 5. The molecule has 1 saturated heterocycles. The van der Waals surface area contributed by atoms with Crippen LogP contribution >= 0.6 is 0 Å². The number of amides is 1. The molecule has 1 N–H and O–H groups in total. The van der Waals surface area contributed by atoms with Crippen LogP contribution in [0, 0.1) is 0 Å². The molecule has 8 heteroatoms. The van der Waals surface area contributed by atoms with Crippen molar-refractivity contribution < 1.29 is 17.9 Å². The molecule has 1 aromatic carbocycles. The SMILES string of the molecule is O=C(OC(NS(=O)(=O)C1CC1)c1cccc(-c2ccccc2)n1)N1CCCCC1. The largest absolute Gasteiger partial charge is 0.423 e. The molecule has 154 valence electrons. The maximum atomic E-state index is 12.6. The van der Waals surface area contributed by atoms with E-state index in [-0.39, 0.29) is 0 Å². The topological polar surface area (TPSA) is 88.6 Å². The highest BCUT2D eigenvalue weighted by molar-refractivity contribution is 7.90. The van der Waals surface area contributed by atoms with Crippen LogP contribution in [0.4, 0.5) is 4.79 Å². The fraction of sp³-hybridized carbons (Fsp3) is 0.429. The highest BCUT2D eigenvalue weighted by Gasteiger charge is 2.39. The molecular formula is C21H25N3O4S. The number of nitrogens with one attached hydrogen (secondary N) is 1. The van der Waals surface area contributed by atoms with Gasteiger partial charge >= 0.3 is 6.09 Å². The van der Waals surface area contributed by atoms with Gasteiger partial charge < -0.3 is 9.64 Å². The van der Waals surface area contributed by atoms with Crippen molar-refractivity contribution in [3.8, 4) is 11.3 Å². The first-order valence-electron chi connectivity index (χ1n) is 10.0. The molecule has 1 unspecified atom stereocenters. The monoisotopic (exact) mass is 415 g/mol. The van der Waals surface area contributed by atoms with Crippen LogP contribution in [0.25, 0.3) is 11.3 Å². The van der Waals surface area contributed by atoms with Gasteiger partial charge in [-0.1, -0.05) is 36.4 Å². The van der Waals surface area contributed by atoms with Gasteiger partial charge in [0.2, 0.25) is 16.3 Å². The lowest BCUT2D eigenvalue weighted by Gasteiger charge is -2.28. The molecule has 2 aromatic rings. The Morgan fingerprint density at radius 2 is 1.76 bits per heavy atom. The molecule has 2 fully saturated rings. The van der Waals surface area contributed by atoms with E-state index in [1.807, 2.05) is 36.4 Å². The zero-order chi connectivity index (χ0) is 20.3. The molecule has 2 aliphatic rings. The summed E-state index contributed by atoms with van der Waals surface area (Å²) in [6, 6.07) is 14.9. The van der Waals surface area contributed by atoms with Gasteiger partial charge in [-0.2, -0.15) is 4.72 Å². The maximum absolute atomic E-state index is 12.6. The molecule has 1 aliphatic carbocycles. The Morgan fingerprint density at radius 1 is 1.03 bits per heavy atom. The van der Waals surface area contributed by atoms with Crippen LogP contribution in [0.15, 0.2) is 48.5 Å². The minimum Gasteiger partial charge on any atom is -0.423 e. The van der Waals surface area contributed by atoms with Crippen molar-refractivity contribution >= 4 is 16.1 Å². The molecular weight excluding hydrogens is 390 g/mol. The first kappa shape index (κ1) is 19.8. The van der Waals surface area contributed by atoms with Gasteiger partial charge in [-0.05, 0) is 44.2 Å². The number of benzene rings is 1. The van der Waals surface area contributed by atoms with Crippen LogP contribution in [0.1, 0.15) is 44.0 Å². The number of nitrogens with zero attached hydrogens (tertiary/aromatic N) is 2. The second kappa shape index (κ2) is 8.51. The van der Waals surface area contributed by atoms with Crippen molar-refractivity contribution in [1.82, 2.24) is 14.6 Å². The second-order valence-corrected chi connectivity index (χ2v) is 9.48. The van der Waals surface area contributed by atoms with Gasteiger partial charge in [0.15, 0.2) is 0 Å². The summed E-state index contributed by atoms with van der Waals surface area (Å²) in [7, 11) is -3.57. The Morgan fingerprint density at radius 3 is 2.45 bits per heavy atom. The number of rotatable bonds is 6. The van der Waals surface area contributed by atoms with Gasteiger partial charge in [0, 0.05) is 18.7 Å². The summed E-state index contributed by atoms with van der Waals surface area (Å²) in [5, 5.41) is -0.420. The highest BCUT2D eigenvalue weighted by atomic mass is 32.2. The van der Waals surface area contributed by atoms with Crippen LogP contribution in [-0.2, 0) is 14.8 Å². The standard InChI is InChI=1S/C21H25N3O4S/c25-21(24-14-5-2-6-15-24)28-20(23-29(26,27)17-12-13-17)19-11-7-10-18(22-19)16-8-3-1-4-9-16/h1,3-4,7-11,17,20,23H,2,5-6,12-15H2. The zero-order valence-corrected chi connectivity index (χ0v) is 17.0. The quantitative estimate of drug-likeness (QED) is 0.730. The highest BCUT2D eigenvalue weighted by Crippen LogP contribution is 2.30. The summed E-state index contributed by atoms with van der Waals surface area (Å²) in [5.74, 6) is 0. The first-order valence-corrected chi connectivity index (χ1v) is 11.6. The lowest BCUT2D eigenvalue weighted by molar-refractivity contribution is 0.0509. The molecule has 29 heavy (non-hydrogen) atoms. The van der Waals surface area contributed by atoms with Crippen molar-refractivity contribution in [3.63, 3.8) is 0 Å². The molecule has 1 saturated carbocycles. The van der Waals surface area contributed by atoms with Crippen molar-refractivity contribution in [2.24, 2.45) is 0 Å². The van der Waals surface area contributed by atoms with Gasteiger partial charge in [-0.15, -0.1) is 0 Å². The Kier molecular flexibility index (Phi) is 5.82. The van der Waals surface area contributed by atoms with Crippen LogP contribution in [0.5, 0.6) is 0 Å². The van der Waals surface area contributed by atoms with Gasteiger partial charge in [0.1, 0.15) is 0 Å². The van der Waals surface area contributed by atoms with Crippen molar-refractivity contribution in [1.29, 1.82) is 0 Å². The normalized spacial score (nSPS) is 18.3. The molecule has 1 amide bonds. The Balaban J connectivity index is 1.60. The number of hydrogen-bond donors (Lipinski definition) is 1. The summed E-state index contributed by atoms with van der Waals surface area (Å²) in [6.45, 7) is 1.25. The number of piperidine rings is 1. The summed E-state index contributed by atoms with van der Waals surface area (Å²) >= 11 is 0. The summed E-state index contributed by atoms with van der Waals surface area (Å²) in [6.07, 6.45) is 2.52. The zero-order valence-electron chi connectivity index (χ0n) is 16.2. The van der Waals surface area contributed by atoms with E-state index >= 15 is 0 Å². The molecule has 0 bridgehead atoms. The number of aromatic nitrogens is 1. The molecule has 0 radical (unpaired) electrons. The van der Waals surface area contributed by atoms with Gasteiger partial charge in [-0.25, -0.2) is 18.2 Å². The molecule has 1 atom stereocenters. The lowest BCUT2D eigenvalue weighted by atomic mass is 10.1. The predicted molar refractivity (Wildman–Crippen MR) is 109 cm³/mol. The number of pyridine rings is 1. The average molecular weight is 416 g/mol. The van der Waals surface area contributed by atoms with Gasteiger partial charge in [0.25, 0.3) is 0 Å². The summed E-state index contributed by atoms with van der Waals surface area (Å²) in [4.78, 5) is 18.9. The predicted octanol–water partition coefficient (Wildman–Crippen LogP) is 3.45. The van der Waals surface area contributed by atoms with Crippen LogP contribution < -0.4 is 4.72 Å². The number of sulfonamides is 1. The van der Waals surface area contributed by atoms with Crippen molar-refractivity contribution in [2.45, 2.75) is 43.6 Å². The number of likely N-dealkylation sites (tertiary alicyclic amines) is 1. The van der Waals surface area contributed by atoms with Crippen LogP contribution in [0.3, 0.4) is 0 Å². The molecule has 4 rings (SSSR count). The minimum atomic E-state index is -3.57. The van der Waals surface area contributed by atoms with E-state index in [0.29, 0.717) is 37.3 Å². The molecule has 0 spiro atoms. The van der Waals surface area contributed by atoms with E-state index in [1.165, 1.54) is 0 Å². The number of carbonyl (C=O) groups excluding carboxylic acids is 1. The Hall–Kier alpha value is -2.45. The Bertz CT molecular complexity index is 955. The fourth-order valence-corrected chi connectivity index (χ4v) is 4.80. The maximum Gasteiger partial charge on any atom is 0.411 e. The van der Waals surface area contributed by atoms with Gasteiger partial charge in [0.05, 0.1) is 16.6 Å². The van der Waals surface area contributed by atoms with Crippen LogP contribution in [0.2, 0.25) is 0 Å². The number of ether oxygens (including phenoxy) is 1. The van der Waals surface area contributed by atoms with E-state index in [4.69, 9.17) is 4.74 Å². The molecule has 1 aliphatic heterocycles. The average Bonchev–Trinajstić information content (AvgIpc) is 3.61.